The van der Waals surface area contributed by atoms with E-state index in [2.05, 4.69) is 60.6 Å². The molecule has 1 aromatic carbocycles. The van der Waals surface area contributed by atoms with Crippen molar-refractivity contribution in [2.75, 3.05) is 62.7 Å². The monoisotopic (exact) mass is 453 g/mol. The minimum Gasteiger partial charge on any atom is -0.380 e. The number of anilines is 2. The summed E-state index contributed by atoms with van der Waals surface area (Å²) in [6, 6.07) is 7.44. The summed E-state index contributed by atoms with van der Waals surface area (Å²) in [5.41, 5.74) is 5.34. The highest BCUT2D eigenvalue weighted by molar-refractivity contribution is 5.64. The fourth-order valence-corrected chi connectivity index (χ4v) is 7.41. The lowest BCUT2D eigenvalue weighted by atomic mass is 9.60. The van der Waals surface area contributed by atoms with Crippen LogP contribution in [0.5, 0.6) is 0 Å². The summed E-state index contributed by atoms with van der Waals surface area (Å²) < 4.78 is 5.67. The normalized spacial score (nSPS) is 28.5. The Bertz CT molecular complexity index is 806. The molecule has 0 aromatic heterocycles. The van der Waals surface area contributed by atoms with Gasteiger partial charge in [-0.2, -0.15) is 0 Å². The summed E-state index contributed by atoms with van der Waals surface area (Å²) in [7, 11) is 1.86. The van der Waals surface area contributed by atoms with Crippen molar-refractivity contribution in [3.8, 4) is 0 Å². The third-order valence-electron chi connectivity index (χ3n) is 8.78. The lowest BCUT2D eigenvalue weighted by Crippen LogP contribution is -2.47. The standard InChI is InChI=1S/C29H47N3O/c1-28(2)17-23(18-29(3,4)21-28)26-16-24(32-11-10-25(20-32)33-5)8-9-27(26)31-14-12-30(13-15-31)19-22-6-7-22/h8-9,16,22-23,25H,6-7,10-15,17-21H2,1-5H3/t25-/m1/s1. The number of hydrogen-bond acceptors (Lipinski definition) is 4. The molecule has 4 fully saturated rings. The van der Waals surface area contributed by atoms with Gasteiger partial charge in [0.25, 0.3) is 0 Å². The van der Waals surface area contributed by atoms with E-state index in [1.807, 2.05) is 7.11 Å². The molecule has 4 heteroatoms. The highest BCUT2D eigenvalue weighted by atomic mass is 16.5. The van der Waals surface area contributed by atoms with Gasteiger partial charge in [0, 0.05) is 64.3 Å². The number of piperazine rings is 1. The second-order valence-corrected chi connectivity index (χ2v) is 13.2. The van der Waals surface area contributed by atoms with E-state index in [1.165, 1.54) is 76.2 Å². The summed E-state index contributed by atoms with van der Waals surface area (Å²) in [6.07, 6.45) is 8.36. The van der Waals surface area contributed by atoms with Crippen LogP contribution in [0.1, 0.15) is 77.7 Å². The van der Waals surface area contributed by atoms with E-state index in [4.69, 9.17) is 4.74 Å². The Morgan fingerprint density at radius 1 is 0.879 bits per heavy atom. The zero-order valence-corrected chi connectivity index (χ0v) is 21.9. The van der Waals surface area contributed by atoms with Crippen molar-refractivity contribution in [3.63, 3.8) is 0 Å². The Morgan fingerprint density at radius 2 is 1.58 bits per heavy atom. The Hall–Kier alpha value is -1.26. The second kappa shape index (κ2) is 9.07. The van der Waals surface area contributed by atoms with E-state index in [0.29, 0.717) is 22.9 Å². The third-order valence-corrected chi connectivity index (χ3v) is 8.78. The zero-order chi connectivity index (χ0) is 23.2. The molecule has 0 radical (unpaired) electrons. The molecular formula is C29H47N3O. The van der Waals surface area contributed by atoms with Crippen LogP contribution in [-0.2, 0) is 4.74 Å². The summed E-state index contributed by atoms with van der Waals surface area (Å²) in [4.78, 5) is 7.97. The molecule has 2 aliphatic heterocycles. The van der Waals surface area contributed by atoms with Crippen LogP contribution in [0.15, 0.2) is 18.2 Å². The first-order chi connectivity index (χ1) is 15.7. The topological polar surface area (TPSA) is 19.0 Å². The highest BCUT2D eigenvalue weighted by Crippen LogP contribution is 2.53. The van der Waals surface area contributed by atoms with Gasteiger partial charge in [0.1, 0.15) is 0 Å². The maximum atomic E-state index is 5.67. The van der Waals surface area contributed by atoms with Crippen LogP contribution in [-0.4, -0.2) is 63.9 Å². The molecule has 2 heterocycles. The lowest BCUT2D eigenvalue weighted by molar-refractivity contribution is 0.0970. The van der Waals surface area contributed by atoms with E-state index in [9.17, 15) is 0 Å². The molecule has 4 nitrogen and oxygen atoms in total. The SMILES string of the molecule is CO[C@@H]1CCN(c2ccc(N3CCN(CC4CC4)CC3)c(C3CC(C)(C)CC(C)(C)C3)c2)C1. The maximum absolute atomic E-state index is 5.67. The third kappa shape index (κ3) is 5.53. The smallest absolute Gasteiger partial charge is 0.0762 e. The van der Waals surface area contributed by atoms with Gasteiger partial charge in [0.05, 0.1) is 6.10 Å². The lowest BCUT2D eigenvalue weighted by Gasteiger charge is -2.46. The fourth-order valence-electron chi connectivity index (χ4n) is 7.41. The van der Waals surface area contributed by atoms with Crippen molar-refractivity contribution < 1.29 is 4.74 Å². The van der Waals surface area contributed by atoms with E-state index < -0.39 is 0 Å². The van der Waals surface area contributed by atoms with Crippen LogP contribution in [0, 0.1) is 16.7 Å². The largest absolute Gasteiger partial charge is 0.380 e. The molecule has 33 heavy (non-hydrogen) atoms. The first-order valence-corrected chi connectivity index (χ1v) is 13.6. The van der Waals surface area contributed by atoms with Crippen molar-refractivity contribution in [2.45, 2.75) is 78.2 Å². The van der Waals surface area contributed by atoms with Gasteiger partial charge in [-0.3, -0.25) is 4.90 Å². The number of nitrogens with zero attached hydrogens (tertiary/aromatic N) is 3. The summed E-state index contributed by atoms with van der Waals surface area (Å²) in [6.45, 7) is 18.2. The van der Waals surface area contributed by atoms with E-state index in [0.717, 1.165) is 25.4 Å². The van der Waals surface area contributed by atoms with Crippen molar-refractivity contribution in [1.29, 1.82) is 0 Å². The summed E-state index contributed by atoms with van der Waals surface area (Å²) >= 11 is 0. The minimum atomic E-state index is 0.375. The Balaban J connectivity index is 1.41. The molecule has 0 spiro atoms. The Labute approximate surface area is 202 Å². The van der Waals surface area contributed by atoms with Crippen molar-refractivity contribution in [3.05, 3.63) is 23.8 Å². The number of benzene rings is 1. The van der Waals surface area contributed by atoms with Gasteiger partial charge in [-0.05, 0) is 85.0 Å². The predicted octanol–water partition coefficient (Wildman–Crippen LogP) is 5.76. The van der Waals surface area contributed by atoms with Crippen LogP contribution in [0.25, 0.3) is 0 Å². The second-order valence-electron chi connectivity index (χ2n) is 13.2. The van der Waals surface area contributed by atoms with E-state index in [1.54, 1.807) is 5.56 Å². The Kier molecular flexibility index (Phi) is 6.46. The number of ether oxygens (including phenoxy) is 1. The molecule has 2 saturated carbocycles. The highest BCUT2D eigenvalue weighted by Gasteiger charge is 2.40. The van der Waals surface area contributed by atoms with Gasteiger partial charge >= 0.3 is 0 Å². The van der Waals surface area contributed by atoms with Crippen molar-refractivity contribution >= 4 is 11.4 Å². The summed E-state index contributed by atoms with van der Waals surface area (Å²) in [5, 5.41) is 0. The molecular weight excluding hydrogens is 406 g/mol. The molecule has 1 atom stereocenters. The van der Waals surface area contributed by atoms with Gasteiger partial charge in [-0.15, -0.1) is 0 Å². The molecule has 1 aromatic rings. The molecule has 2 saturated heterocycles. The van der Waals surface area contributed by atoms with Crippen LogP contribution >= 0.6 is 0 Å². The number of methoxy groups -OCH3 is 1. The zero-order valence-electron chi connectivity index (χ0n) is 21.9. The molecule has 0 bridgehead atoms. The van der Waals surface area contributed by atoms with Gasteiger partial charge < -0.3 is 14.5 Å². The molecule has 184 valence electrons. The van der Waals surface area contributed by atoms with Crippen LogP contribution in [0.4, 0.5) is 11.4 Å². The van der Waals surface area contributed by atoms with Gasteiger partial charge in [-0.1, -0.05) is 27.7 Å². The quantitative estimate of drug-likeness (QED) is 0.545. The van der Waals surface area contributed by atoms with E-state index >= 15 is 0 Å². The van der Waals surface area contributed by atoms with Crippen LogP contribution < -0.4 is 9.80 Å². The average Bonchev–Trinajstić information content (AvgIpc) is 3.44. The number of hydrogen-bond donors (Lipinski definition) is 0. The molecule has 0 N–H and O–H groups in total. The first-order valence-electron chi connectivity index (χ1n) is 13.6. The minimum absolute atomic E-state index is 0.375. The van der Waals surface area contributed by atoms with Crippen LogP contribution in [0.2, 0.25) is 0 Å². The van der Waals surface area contributed by atoms with Crippen molar-refractivity contribution in [2.24, 2.45) is 16.7 Å². The first kappa shape index (κ1) is 23.5. The van der Waals surface area contributed by atoms with Crippen molar-refractivity contribution in [1.82, 2.24) is 4.90 Å². The molecule has 4 aliphatic rings. The Morgan fingerprint density at radius 3 is 2.18 bits per heavy atom. The predicted molar refractivity (Wildman–Crippen MR) is 140 cm³/mol. The molecule has 5 rings (SSSR count). The maximum Gasteiger partial charge on any atom is 0.0762 e. The van der Waals surface area contributed by atoms with Gasteiger partial charge in [0.15, 0.2) is 0 Å². The average molecular weight is 454 g/mol. The fraction of sp³-hybridized carbons (Fsp3) is 0.793. The molecule has 0 amide bonds. The number of rotatable bonds is 6. The van der Waals surface area contributed by atoms with Gasteiger partial charge in [0.2, 0.25) is 0 Å². The van der Waals surface area contributed by atoms with Crippen LogP contribution in [0.3, 0.4) is 0 Å². The molecule has 2 aliphatic carbocycles. The van der Waals surface area contributed by atoms with Gasteiger partial charge in [-0.25, -0.2) is 0 Å². The molecule has 0 unspecified atom stereocenters. The van der Waals surface area contributed by atoms with E-state index in [-0.39, 0.29) is 0 Å². The summed E-state index contributed by atoms with van der Waals surface area (Å²) in [5.74, 6) is 1.64.